The fraction of sp³-hybridized carbons (Fsp3) is 0.400. The van der Waals surface area contributed by atoms with Gasteiger partial charge < -0.3 is 10.7 Å². The Bertz CT molecular complexity index is 608. The molecule has 1 atom stereocenters. The molecule has 1 unspecified atom stereocenters. The van der Waals surface area contributed by atoms with Gasteiger partial charge in [-0.15, -0.1) is 0 Å². The lowest BCUT2D eigenvalue weighted by atomic mass is 10.0. The largest absolute Gasteiger partial charge is 0.368 e. The lowest BCUT2D eigenvalue weighted by molar-refractivity contribution is -0.123. The Balaban J connectivity index is 3.22. The van der Waals surface area contributed by atoms with Crippen LogP contribution in [0.5, 0.6) is 0 Å². The summed E-state index contributed by atoms with van der Waals surface area (Å²) in [5.74, 6) is -0.805. The quantitative estimate of drug-likeness (QED) is 0.657. The maximum atomic E-state index is 12.0. The molecule has 1 amide bonds. The summed E-state index contributed by atoms with van der Waals surface area (Å²) in [7, 11) is -4.10. The fourth-order valence-electron chi connectivity index (χ4n) is 1.26. The highest BCUT2D eigenvalue weighted by atomic mass is 32.2. The molecule has 0 aliphatic heterocycles. The Morgan fingerprint density at radius 2 is 2.17 bits per heavy atom. The third-order valence-corrected chi connectivity index (χ3v) is 4.31. The molecule has 1 aromatic heterocycles. The molecule has 0 saturated heterocycles. The van der Waals surface area contributed by atoms with Crippen LogP contribution in [0.15, 0.2) is 28.2 Å². The number of pyridine rings is 1. The molecule has 0 aliphatic rings. The monoisotopic (exact) mass is 273 g/mol. The minimum atomic E-state index is -4.10. The number of aromatic amines is 1. The molecule has 1 aromatic rings. The van der Waals surface area contributed by atoms with E-state index in [-0.39, 0.29) is 6.42 Å². The van der Waals surface area contributed by atoms with E-state index in [2.05, 4.69) is 9.71 Å². The second-order valence-corrected chi connectivity index (χ2v) is 5.68. The highest BCUT2D eigenvalue weighted by molar-refractivity contribution is 7.89. The van der Waals surface area contributed by atoms with Gasteiger partial charge in [0.2, 0.25) is 21.4 Å². The van der Waals surface area contributed by atoms with Crippen molar-refractivity contribution in [3.05, 3.63) is 28.7 Å². The summed E-state index contributed by atoms with van der Waals surface area (Å²) >= 11 is 0. The molecule has 0 radical (unpaired) electrons. The van der Waals surface area contributed by atoms with Crippen LogP contribution in [0.25, 0.3) is 0 Å². The number of nitrogens with two attached hydrogens (primary N) is 1. The molecule has 0 aliphatic carbocycles. The van der Waals surface area contributed by atoms with Gasteiger partial charge in [-0.25, -0.2) is 8.42 Å². The van der Waals surface area contributed by atoms with E-state index in [1.54, 1.807) is 6.92 Å². The zero-order valence-corrected chi connectivity index (χ0v) is 10.9. The summed E-state index contributed by atoms with van der Waals surface area (Å²) in [6, 6.07) is 1.09. The first-order valence-electron chi connectivity index (χ1n) is 5.24. The van der Waals surface area contributed by atoms with E-state index in [1.807, 2.05) is 0 Å². The second kappa shape index (κ2) is 4.91. The van der Waals surface area contributed by atoms with Gasteiger partial charge in [0.1, 0.15) is 10.4 Å². The first-order chi connectivity index (χ1) is 8.23. The van der Waals surface area contributed by atoms with E-state index < -0.39 is 31.8 Å². The molecule has 0 fully saturated rings. The van der Waals surface area contributed by atoms with Crippen molar-refractivity contribution in [3.8, 4) is 0 Å². The minimum absolute atomic E-state index is 0.173. The van der Waals surface area contributed by atoms with Gasteiger partial charge in [-0.05, 0) is 13.3 Å². The Morgan fingerprint density at radius 1 is 1.56 bits per heavy atom. The summed E-state index contributed by atoms with van der Waals surface area (Å²) in [5.41, 5.74) is 3.06. The molecule has 1 rings (SSSR count). The highest BCUT2D eigenvalue weighted by Crippen LogP contribution is 2.13. The number of carbonyl (C=O) groups excluding carboxylic acids is 1. The van der Waals surface area contributed by atoms with E-state index >= 15 is 0 Å². The second-order valence-electron chi connectivity index (χ2n) is 4.03. The molecule has 7 nitrogen and oxygen atoms in total. The van der Waals surface area contributed by atoms with Crippen molar-refractivity contribution in [3.63, 3.8) is 0 Å². The number of hydrogen-bond acceptors (Lipinski definition) is 4. The topological polar surface area (TPSA) is 122 Å². The smallest absolute Gasteiger partial charge is 0.246 e. The minimum Gasteiger partial charge on any atom is -0.368 e. The molecule has 4 N–H and O–H groups in total. The maximum Gasteiger partial charge on any atom is 0.246 e. The lowest BCUT2D eigenvalue weighted by Gasteiger charge is -2.25. The average Bonchev–Trinajstić information content (AvgIpc) is 2.28. The summed E-state index contributed by atoms with van der Waals surface area (Å²) in [4.78, 5) is 24.8. The summed E-state index contributed by atoms with van der Waals surface area (Å²) < 4.78 is 26.1. The number of hydrogen-bond donors (Lipinski definition) is 3. The molecule has 0 bridgehead atoms. The number of nitrogens with one attached hydrogen (secondary N) is 2. The predicted molar refractivity (Wildman–Crippen MR) is 65.3 cm³/mol. The van der Waals surface area contributed by atoms with Gasteiger partial charge in [-0.1, -0.05) is 6.92 Å². The Kier molecular flexibility index (Phi) is 3.92. The van der Waals surface area contributed by atoms with Crippen molar-refractivity contribution in [2.45, 2.75) is 30.7 Å². The SMILES string of the molecule is CCC(C)(NS(=O)(=O)c1c[nH]ccc1=O)C(N)=O. The van der Waals surface area contributed by atoms with E-state index in [1.165, 1.54) is 13.1 Å². The van der Waals surface area contributed by atoms with Gasteiger partial charge in [-0.3, -0.25) is 9.59 Å². The lowest BCUT2D eigenvalue weighted by Crippen LogP contribution is -2.55. The third kappa shape index (κ3) is 2.77. The summed E-state index contributed by atoms with van der Waals surface area (Å²) in [6.07, 6.45) is 2.54. The predicted octanol–water partition coefficient (Wildman–Crippen LogP) is -0.693. The van der Waals surface area contributed by atoms with Crippen LogP contribution in [0.1, 0.15) is 20.3 Å². The van der Waals surface area contributed by atoms with Crippen LogP contribution in [0.2, 0.25) is 0 Å². The Hall–Kier alpha value is -1.67. The van der Waals surface area contributed by atoms with Crippen LogP contribution >= 0.6 is 0 Å². The van der Waals surface area contributed by atoms with Gasteiger partial charge in [0.05, 0.1) is 0 Å². The van der Waals surface area contributed by atoms with E-state index in [4.69, 9.17) is 5.73 Å². The van der Waals surface area contributed by atoms with Crippen molar-refractivity contribution in [1.82, 2.24) is 9.71 Å². The first-order valence-corrected chi connectivity index (χ1v) is 6.72. The standard InChI is InChI=1S/C10H15N3O4S/c1-3-10(2,9(11)15)13-18(16,17)8-6-12-5-4-7(8)14/h4-6,13H,3H2,1-2H3,(H2,11,15)(H,12,14). The molecule has 0 aromatic carbocycles. The van der Waals surface area contributed by atoms with Crippen molar-refractivity contribution >= 4 is 15.9 Å². The van der Waals surface area contributed by atoms with Gasteiger partial charge in [0.15, 0.2) is 0 Å². The van der Waals surface area contributed by atoms with E-state index in [0.717, 1.165) is 12.3 Å². The average molecular weight is 273 g/mol. The van der Waals surface area contributed by atoms with Crippen LogP contribution in [-0.4, -0.2) is 24.8 Å². The van der Waals surface area contributed by atoms with Gasteiger partial charge in [0, 0.05) is 18.5 Å². The fourth-order valence-corrected chi connectivity index (χ4v) is 2.76. The van der Waals surface area contributed by atoms with E-state index in [9.17, 15) is 18.0 Å². The molecular weight excluding hydrogens is 258 g/mol. The number of primary amides is 1. The molecule has 18 heavy (non-hydrogen) atoms. The molecule has 8 heteroatoms. The third-order valence-electron chi connectivity index (χ3n) is 2.69. The van der Waals surface area contributed by atoms with Gasteiger partial charge >= 0.3 is 0 Å². The van der Waals surface area contributed by atoms with Crippen molar-refractivity contribution < 1.29 is 13.2 Å². The van der Waals surface area contributed by atoms with Crippen molar-refractivity contribution in [2.75, 3.05) is 0 Å². The number of H-pyrrole nitrogens is 1. The first kappa shape index (κ1) is 14.4. The molecule has 100 valence electrons. The van der Waals surface area contributed by atoms with E-state index in [0.29, 0.717) is 0 Å². The van der Waals surface area contributed by atoms with Gasteiger partial charge in [-0.2, -0.15) is 4.72 Å². The zero-order valence-electron chi connectivity index (χ0n) is 10.1. The van der Waals surface area contributed by atoms with Crippen molar-refractivity contribution in [2.24, 2.45) is 5.73 Å². The Morgan fingerprint density at radius 3 is 2.61 bits per heavy atom. The van der Waals surface area contributed by atoms with Crippen LogP contribution in [0.3, 0.4) is 0 Å². The highest BCUT2D eigenvalue weighted by Gasteiger charge is 2.35. The normalized spacial score (nSPS) is 15.0. The molecular formula is C10H15N3O4S. The summed E-state index contributed by atoms with van der Waals surface area (Å²) in [6.45, 7) is 2.98. The number of sulfonamides is 1. The number of carbonyl (C=O) groups is 1. The van der Waals surface area contributed by atoms with Crippen LogP contribution < -0.4 is 15.9 Å². The van der Waals surface area contributed by atoms with Gasteiger partial charge in [0.25, 0.3) is 0 Å². The zero-order chi connectivity index (χ0) is 14.0. The molecule has 1 heterocycles. The summed E-state index contributed by atoms with van der Waals surface area (Å²) in [5, 5.41) is 0. The van der Waals surface area contributed by atoms with Crippen molar-refractivity contribution in [1.29, 1.82) is 0 Å². The number of rotatable bonds is 5. The molecule has 0 spiro atoms. The van der Waals surface area contributed by atoms with Crippen LogP contribution in [0.4, 0.5) is 0 Å². The maximum absolute atomic E-state index is 12.0. The van der Waals surface area contributed by atoms with Crippen LogP contribution in [-0.2, 0) is 14.8 Å². The molecule has 0 saturated carbocycles. The number of amides is 1. The number of aromatic nitrogens is 1. The van der Waals surface area contributed by atoms with Crippen LogP contribution in [0, 0.1) is 0 Å². The Labute approximate surface area is 104 Å².